The summed E-state index contributed by atoms with van der Waals surface area (Å²) in [6, 6.07) is 0. The Bertz CT molecular complexity index is 1680. The molecule has 320 valence electrons. The van der Waals surface area contributed by atoms with Gasteiger partial charge in [-0.15, -0.1) is 0 Å². The van der Waals surface area contributed by atoms with Crippen LogP contribution in [0.5, 0.6) is 0 Å². The van der Waals surface area contributed by atoms with E-state index < -0.39 is 102 Å². The van der Waals surface area contributed by atoms with E-state index in [1.807, 2.05) is 26.8 Å². The standard InChI is InChI=1S/C41H60O16/c1-37(2)21-8-11-40(5)18-7-10-38(3)13-14-39(4,36(52)53)16-19(38)17(18)15-20(42)31(40)41(21,6)12-9-22(37)54-34-27(47)25(45)28(30(57-34)33(50)51)55-35-26(46)23(43)24(44)29(56-35)32(48)49/h15,18-19,21-31,34-35,43-47H,7-14,16H2,1-6H3,(H,48,49)(H,50,51)(H,52,53)/t18-,19+,21-,22+,23+,24+,25+,26+,27-,28+,29+,30-,31-,34-,35-,38+,39-,40+,41-/m1/s1. The van der Waals surface area contributed by atoms with Crippen LogP contribution in [0.1, 0.15) is 99.3 Å². The first kappa shape index (κ1) is 42.6. The van der Waals surface area contributed by atoms with Gasteiger partial charge in [-0.1, -0.05) is 40.2 Å². The van der Waals surface area contributed by atoms with E-state index in [4.69, 9.17) is 18.9 Å². The second-order valence-corrected chi connectivity index (χ2v) is 20.0. The molecule has 16 nitrogen and oxygen atoms in total. The molecule has 2 heterocycles. The van der Waals surface area contributed by atoms with Gasteiger partial charge in [0.2, 0.25) is 0 Å². The number of carbonyl (C=O) groups excluding carboxylic acids is 1. The summed E-state index contributed by atoms with van der Waals surface area (Å²) in [5, 5.41) is 82.9. The topological polar surface area (TPSA) is 267 Å². The van der Waals surface area contributed by atoms with E-state index in [-0.39, 0.29) is 40.3 Å². The van der Waals surface area contributed by atoms with Gasteiger partial charge >= 0.3 is 17.9 Å². The molecule has 0 radical (unpaired) electrons. The molecule has 5 aliphatic carbocycles. The third kappa shape index (κ3) is 6.51. The Morgan fingerprint density at radius 1 is 0.667 bits per heavy atom. The van der Waals surface area contributed by atoms with Crippen LogP contribution in [-0.4, -0.2) is 132 Å². The van der Waals surface area contributed by atoms with Crippen LogP contribution in [0.3, 0.4) is 0 Å². The van der Waals surface area contributed by atoms with Crippen molar-refractivity contribution in [3.05, 3.63) is 11.6 Å². The van der Waals surface area contributed by atoms with Crippen LogP contribution in [0.2, 0.25) is 0 Å². The van der Waals surface area contributed by atoms with Crippen molar-refractivity contribution in [2.75, 3.05) is 0 Å². The number of fused-ring (bicyclic) bond motifs is 7. The first-order valence-corrected chi connectivity index (χ1v) is 20.4. The monoisotopic (exact) mass is 808 g/mol. The summed E-state index contributed by atoms with van der Waals surface area (Å²) in [5.41, 5.74) is -1.16. The lowest BCUT2D eigenvalue weighted by molar-refractivity contribution is -0.360. The number of hydrogen-bond acceptors (Lipinski definition) is 13. The molecule has 16 heteroatoms. The predicted octanol–water partition coefficient (Wildman–Crippen LogP) is 1.86. The molecule has 0 aromatic carbocycles. The Balaban J connectivity index is 1.09. The SMILES string of the molecule is CC1(C)[C@@H](O[C@@H]2O[C@@H](C(=O)O)[C@@H](O[C@@H]3O[C@H](C(=O)O)[C@@H](O)[C@H](O)[C@@H]3O)[C@@H](O)[C@H]2O)CC[C@@]2(C)[C@@H]3C(=O)C=C4[C@@H](CC[C@@]5(C)CC[C@@](C)(C(=O)O)C[C@@H]45)[C@]3(C)CC[C@H]12. The van der Waals surface area contributed by atoms with E-state index in [1.54, 1.807) is 0 Å². The number of carboxylic acid groups (broad SMARTS) is 3. The molecule has 0 bridgehead atoms. The van der Waals surface area contributed by atoms with Gasteiger partial charge in [0.05, 0.1) is 11.5 Å². The maximum absolute atomic E-state index is 14.6. The lowest BCUT2D eigenvalue weighted by atomic mass is 9.37. The first-order chi connectivity index (χ1) is 26.4. The number of hydrogen-bond donors (Lipinski definition) is 8. The Morgan fingerprint density at radius 2 is 1.26 bits per heavy atom. The molecule has 0 spiro atoms. The molecule has 0 amide bonds. The van der Waals surface area contributed by atoms with E-state index in [9.17, 15) is 60.0 Å². The van der Waals surface area contributed by atoms with Crippen LogP contribution in [0.15, 0.2) is 11.6 Å². The second-order valence-electron chi connectivity index (χ2n) is 20.0. The molecule has 0 aromatic heterocycles. The van der Waals surface area contributed by atoms with Gasteiger partial charge in [-0.3, -0.25) is 9.59 Å². The molecular formula is C41H60O16. The van der Waals surface area contributed by atoms with Crippen molar-refractivity contribution in [3.63, 3.8) is 0 Å². The summed E-state index contributed by atoms with van der Waals surface area (Å²) >= 11 is 0. The third-order valence-electron chi connectivity index (χ3n) is 16.4. The summed E-state index contributed by atoms with van der Waals surface area (Å²) < 4.78 is 22.7. The molecule has 4 saturated carbocycles. The fraction of sp³-hybridized carbons (Fsp3) is 0.854. The van der Waals surface area contributed by atoms with E-state index in [1.165, 1.54) is 0 Å². The van der Waals surface area contributed by atoms with Gasteiger partial charge < -0.3 is 59.8 Å². The fourth-order valence-corrected chi connectivity index (χ4v) is 13.1. The number of aliphatic carboxylic acids is 3. The summed E-state index contributed by atoms with van der Waals surface area (Å²) in [4.78, 5) is 51.1. The minimum atomic E-state index is -2.06. The molecule has 7 rings (SSSR count). The molecular weight excluding hydrogens is 748 g/mol. The van der Waals surface area contributed by atoms with Crippen molar-refractivity contribution >= 4 is 23.7 Å². The highest BCUT2D eigenvalue weighted by Crippen LogP contribution is 2.71. The summed E-state index contributed by atoms with van der Waals surface area (Å²) in [7, 11) is 0. The quantitative estimate of drug-likeness (QED) is 0.171. The van der Waals surface area contributed by atoms with Crippen LogP contribution >= 0.6 is 0 Å². The van der Waals surface area contributed by atoms with Gasteiger partial charge in [0.15, 0.2) is 30.6 Å². The number of allylic oxidation sites excluding steroid dienone is 2. The highest BCUT2D eigenvalue weighted by Gasteiger charge is 2.68. The maximum atomic E-state index is 14.6. The lowest BCUT2D eigenvalue weighted by Crippen LogP contribution is -2.67. The second kappa shape index (κ2) is 14.3. The van der Waals surface area contributed by atoms with Gasteiger partial charge in [-0.25, -0.2) is 9.59 Å². The maximum Gasteiger partial charge on any atom is 0.335 e. The zero-order valence-corrected chi connectivity index (χ0v) is 33.4. The predicted molar refractivity (Wildman–Crippen MR) is 195 cm³/mol. The largest absolute Gasteiger partial charge is 0.481 e. The molecule has 57 heavy (non-hydrogen) atoms. The molecule has 2 aliphatic heterocycles. The van der Waals surface area contributed by atoms with E-state index in [0.717, 1.165) is 37.7 Å². The van der Waals surface area contributed by atoms with Crippen LogP contribution in [0.4, 0.5) is 0 Å². The van der Waals surface area contributed by atoms with Crippen molar-refractivity contribution in [1.29, 1.82) is 0 Å². The van der Waals surface area contributed by atoms with Gasteiger partial charge in [0.1, 0.15) is 36.6 Å². The van der Waals surface area contributed by atoms with Crippen molar-refractivity contribution in [2.24, 2.45) is 50.7 Å². The molecule has 6 fully saturated rings. The van der Waals surface area contributed by atoms with Crippen molar-refractivity contribution in [1.82, 2.24) is 0 Å². The Kier molecular flexibility index (Phi) is 10.7. The highest BCUT2D eigenvalue weighted by atomic mass is 16.7. The average Bonchev–Trinajstić information content (AvgIpc) is 3.12. The number of aliphatic hydroxyl groups is 5. The van der Waals surface area contributed by atoms with Crippen LogP contribution in [0, 0.1) is 50.7 Å². The highest BCUT2D eigenvalue weighted by molar-refractivity contribution is 5.95. The molecule has 2 saturated heterocycles. The van der Waals surface area contributed by atoms with Crippen molar-refractivity contribution < 1.29 is 79.0 Å². The fourth-order valence-electron chi connectivity index (χ4n) is 13.1. The van der Waals surface area contributed by atoms with Crippen LogP contribution in [0.25, 0.3) is 0 Å². The van der Waals surface area contributed by atoms with Gasteiger partial charge in [-0.05, 0) is 110 Å². The van der Waals surface area contributed by atoms with Crippen molar-refractivity contribution in [3.8, 4) is 0 Å². The molecule has 8 N–H and O–H groups in total. The molecule has 0 aromatic rings. The number of ketones is 1. The Hall–Kier alpha value is -2.54. The minimum absolute atomic E-state index is 0.0252. The average molecular weight is 809 g/mol. The normalized spacial score (nSPS) is 51.9. The van der Waals surface area contributed by atoms with Gasteiger partial charge in [0, 0.05) is 5.92 Å². The number of carbonyl (C=O) groups is 4. The first-order valence-electron chi connectivity index (χ1n) is 20.4. The summed E-state index contributed by atoms with van der Waals surface area (Å²) in [5.74, 6) is -4.17. The zero-order valence-electron chi connectivity index (χ0n) is 33.4. The molecule has 7 aliphatic rings. The number of aliphatic hydroxyl groups excluding tert-OH is 5. The number of carboxylic acids is 3. The lowest BCUT2D eigenvalue weighted by Gasteiger charge is -2.67. The Morgan fingerprint density at radius 3 is 1.89 bits per heavy atom. The number of ether oxygens (including phenoxy) is 4. The number of rotatable bonds is 7. The third-order valence-corrected chi connectivity index (χ3v) is 16.4. The van der Waals surface area contributed by atoms with E-state index in [0.29, 0.717) is 25.7 Å². The van der Waals surface area contributed by atoms with Gasteiger partial charge in [-0.2, -0.15) is 0 Å². The summed E-state index contributed by atoms with van der Waals surface area (Å²) in [6.45, 7) is 12.6. The molecule has 0 unspecified atom stereocenters. The Labute approximate surface area is 331 Å². The summed E-state index contributed by atoms with van der Waals surface area (Å²) in [6.07, 6.45) is -11.9. The molecule has 19 atom stereocenters. The van der Waals surface area contributed by atoms with Crippen LogP contribution in [-0.2, 0) is 38.1 Å². The van der Waals surface area contributed by atoms with E-state index in [2.05, 4.69) is 20.8 Å². The van der Waals surface area contributed by atoms with Gasteiger partial charge in [0.25, 0.3) is 0 Å². The minimum Gasteiger partial charge on any atom is -0.481 e. The van der Waals surface area contributed by atoms with E-state index >= 15 is 0 Å². The van der Waals surface area contributed by atoms with Crippen LogP contribution < -0.4 is 0 Å². The van der Waals surface area contributed by atoms with Crippen molar-refractivity contribution in [2.45, 2.75) is 167 Å². The zero-order chi connectivity index (χ0) is 41.9. The smallest absolute Gasteiger partial charge is 0.335 e.